The van der Waals surface area contributed by atoms with Gasteiger partial charge in [-0.05, 0) is 29.5 Å². The zero-order chi connectivity index (χ0) is 26.0. The molecule has 0 bridgehead atoms. The van der Waals surface area contributed by atoms with Crippen molar-refractivity contribution in [2.75, 3.05) is 7.11 Å². The van der Waals surface area contributed by atoms with Crippen molar-refractivity contribution >= 4 is 28.7 Å². The van der Waals surface area contributed by atoms with Crippen molar-refractivity contribution in [3.8, 4) is 0 Å². The Labute approximate surface area is 217 Å². The number of Topliss-reactive ketones (excluding diaryl/α,β-unsaturated/α-hetero) is 1. The number of ether oxygens (including phenoxy) is 2. The topological polar surface area (TPSA) is 97.5 Å². The molecule has 3 aromatic rings. The van der Waals surface area contributed by atoms with Gasteiger partial charge < -0.3 is 19.8 Å². The van der Waals surface area contributed by atoms with Crippen LogP contribution in [-0.2, 0) is 32.1 Å². The second kappa shape index (κ2) is 13.1. The summed E-state index contributed by atoms with van der Waals surface area (Å²) in [6, 6.07) is 16.4. The van der Waals surface area contributed by atoms with E-state index in [-0.39, 0.29) is 24.8 Å². The van der Waals surface area contributed by atoms with Crippen LogP contribution in [0.2, 0.25) is 0 Å². The molecule has 37 heavy (non-hydrogen) atoms. The second-order valence-electron chi connectivity index (χ2n) is 9.95. The molecule has 7 nitrogen and oxygen atoms in total. The predicted molar refractivity (Wildman–Crippen MR) is 142 cm³/mol. The third-order valence-corrected chi connectivity index (χ3v) is 7.32. The molecule has 1 fully saturated rings. The Morgan fingerprint density at radius 2 is 1.73 bits per heavy atom. The molecule has 0 aliphatic heterocycles. The molecule has 0 unspecified atom stereocenters. The number of aromatic amines is 1. The summed E-state index contributed by atoms with van der Waals surface area (Å²) in [6.07, 6.45) is 7.84. The smallest absolute Gasteiger partial charge is 0.408 e. The fraction of sp³-hybridized carbons (Fsp3) is 0.433. The number of ketones is 1. The van der Waals surface area contributed by atoms with E-state index in [1.165, 1.54) is 13.5 Å². The lowest BCUT2D eigenvalue weighted by atomic mass is 9.80. The Morgan fingerprint density at radius 1 is 1.00 bits per heavy atom. The van der Waals surface area contributed by atoms with Crippen LogP contribution in [0.1, 0.15) is 56.1 Å². The van der Waals surface area contributed by atoms with E-state index in [2.05, 4.69) is 10.3 Å². The van der Waals surface area contributed by atoms with Crippen LogP contribution in [0, 0.1) is 11.8 Å². The maximum atomic E-state index is 13.6. The van der Waals surface area contributed by atoms with Gasteiger partial charge in [0, 0.05) is 29.9 Å². The van der Waals surface area contributed by atoms with Crippen LogP contribution >= 0.6 is 0 Å². The van der Waals surface area contributed by atoms with Gasteiger partial charge in [-0.25, -0.2) is 4.79 Å². The van der Waals surface area contributed by atoms with Crippen LogP contribution in [0.5, 0.6) is 0 Å². The van der Waals surface area contributed by atoms with Gasteiger partial charge in [-0.1, -0.05) is 80.6 Å². The number of nitrogens with one attached hydrogen (secondary N) is 2. The minimum atomic E-state index is -0.832. The number of carbonyl (C=O) groups is 3. The molecule has 1 heterocycles. The monoisotopic (exact) mass is 504 g/mol. The molecule has 1 amide bonds. The number of alkyl carbamates (subject to hydrolysis) is 1. The number of fused-ring (bicyclic) bond motifs is 1. The zero-order valence-corrected chi connectivity index (χ0v) is 21.4. The van der Waals surface area contributed by atoms with Crippen LogP contribution in [0.3, 0.4) is 0 Å². The second-order valence-corrected chi connectivity index (χ2v) is 9.95. The molecule has 0 radical (unpaired) electrons. The van der Waals surface area contributed by atoms with Crippen molar-refractivity contribution in [3.05, 3.63) is 71.9 Å². The minimum Gasteiger partial charge on any atom is -0.469 e. The number of carbonyl (C=O) groups excluding carboxylic acids is 3. The maximum absolute atomic E-state index is 13.6. The molecule has 2 aromatic carbocycles. The van der Waals surface area contributed by atoms with Crippen LogP contribution in [0.15, 0.2) is 60.8 Å². The third-order valence-electron chi connectivity index (χ3n) is 7.32. The van der Waals surface area contributed by atoms with E-state index in [1.54, 1.807) is 0 Å². The van der Waals surface area contributed by atoms with E-state index < -0.39 is 18.1 Å². The SMILES string of the molecule is COC(=O)[C@@H](CC(=O)[C@H](Cc1c[nH]c2ccccc12)NC(=O)OCc1ccccc1)CC1CCCCC1. The molecule has 7 heteroatoms. The van der Waals surface area contributed by atoms with Crippen LogP contribution in [0.25, 0.3) is 10.9 Å². The highest BCUT2D eigenvalue weighted by molar-refractivity contribution is 5.92. The number of amides is 1. The number of rotatable bonds is 11. The lowest BCUT2D eigenvalue weighted by Crippen LogP contribution is -2.43. The molecule has 1 aliphatic rings. The number of H-pyrrole nitrogens is 1. The fourth-order valence-corrected chi connectivity index (χ4v) is 5.31. The van der Waals surface area contributed by atoms with Gasteiger partial charge in [-0.15, -0.1) is 0 Å². The number of esters is 1. The Morgan fingerprint density at radius 3 is 2.49 bits per heavy atom. The standard InChI is InChI=1S/C30H36N2O5/c1-36-29(34)23(16-21-10-4-2-5-11-21)18-28(33)27(17-24-19-31-26-15-9-8-14-25(24)26)32-30(35)37-20-22-12-6-3-7-13-22/h3,6-9,12-15,19,21,23,27,31H,2,4-5,10-11,16-18,20H2,1H3,(H,32,35)/t23-,27+/m1/s1. The summed E-state index contributed by atoms with van der Waals surface area (Å²) in [5.74, 6) is -0.667. The summed E-state index contributed by atoms with van der Waals surface area (Å²) in [5, 5.41) is 3.77. The van der Waals surface area contributed by atoms with Gasteiger partial charge in [-0.2, -0.15) is 0 Å². The number of benzene rings is 2. The van der Waals surface area contributed by atoms with Crippen LogP contribution < -0.4 is 5.32 Å². The van der Waals surface area contributed by atoms with Crippen molar-refractivity contribution in [3.63, 3.8) is 0 Å². The first-order valence-electron chi connectivity index (χ1n) is 13.2. The summed E-state index contributed by atoms with van der Waals surface area (Å²) >= 11 is 0. The summed E-state index contributed by atoms with van der Waals surface area (Å²) in [4.78, 5) is 42.2. The van der Waals surface area contributed by atoms with E-state index in [0.29, 0.717) is 18.8 Å². The van der Waals surface area contributed by atoms with Gasteiger partial charge >= 0.3 is 12.1 Å². The molecular formula is C30H36N2O5. The zero-order valence-electron chi connectivity index (χ0n) is 21.4. The van der Waals surface area contributed by atoms with E-state index in [0.717, 1.165) is 47.7 Å². The summed E-state index contributed by atoms with van der Waals surface area (Å²) in [6.45, 7) is 0.104. The van der Waals surface area contributed by atoms with E-state index in [9.17, 15) is 14.4 Å². The summed E-state index contributed by atoms with van der Waals surface area (Å²) in [5.41, 5.74) is 2.73. The number of para-hydroxylation sites is 1. The first-order chi connectivity index (χ1) is 18.0. The first-order valence-corrected chi connectivity index (χ1v) is 13.2. The average Bonchev–Trinajstić information content (AvgIpc) is 3.34. The molecule has 2 atom stereocenters. The van der Waals surface area contributed by atoms with Crippen LogP contribution in [-0.4, -0.2) is 36.0 Å². The normalized spacial score (nSPS) is 15.6. The Kier molecular flexibility index (Phi) is 9.35. The Hall–Kier alpha value is -3.61. The van der Waals surface area contributed by atoms with Gasteiger partial charge in [0.05, 0.1) is 19.1 Å². The van der Waals surface area contributed by atoms with Crippen molar-refractivity contribution in [1.82, 2.24) is 10.3 Å². The summed E-state index contributed by atoms with van der Waals surface area (Å²) in [7, 11) is 1.36. The van der Waals surface area contributed by atoms with Gasteiger partial charge in [0.2, 0.25) is 0 Å². The lowest BCUT2D eigenvalue weighted by molar-refractivity contribution is -0.148. The molecule has 1 saturated carbocycles. The fourth-order valence-electron chi connectivity index (χ4n) is 5.31. The van der Waals surface area contributed by atoms with Gasteiger partial charge in [-0.3, -0.25) is 9.59 Å². The molecule has 4 rings (SSSR count). The Bertz CT molecular complexity index is 1180. The van der Waals surface area contributed by atoms with Crippen molar-refractivity contribution in [2.45, 2.75) is 64.0 Å². The number of hydrogen-bond donors (Lipinski definition) is 2. The summed E-state index contributed by atoms with van der Waals surface area (Å²) < 4.78 is 10.5. The highest BCUT2D eigenvalue weighted by atomic mass is 16.5. The minimum absolute atomic E-state index is 0.0230. The van der Waals surface area contributed by atoms with Crippen molar-refractivity contribution in [1.29, 1.82) is 0 Å². The van der Waals surface area contributed by atoms with Gasteiger partial charge in [0.1, 0.15) is 6.61 Å². The molecule has 1 aromatic heterocycles. The van der Waals surface area contributed by atoms with E-state index >= 15 is 0 Å². The van der Waals surface area contributed by atoms with Crippen molar-refractivity contribution < 1.29 is 23.9 Å². The van der Waals surface area contributed by atoms with Crippen LogP contribution in [0.4, 0.5) is 4.79 Å². The van der Waals surface area contributed by atoms with Gasteiger partial charge in [0.15, 0.2) is 5.78 Å². The molecule has 1 aliphatic carbocycles. The highest BCUT2D eigenvalue weighted by Crippen LogP contribution is 2.31. The first kappa shape index (κ1) is 26.5. The molecule has 0 spiro atoms. The molecule has 0 saturated heterocycles. The largest absolute Gasteiger partial charge is 0.469 e. The number of hydrogen-bond acceptors (Lipinski definition) is 5. The van der Waals surface area contributed by atoms with Crippen molar-refractivity contribution in [2.24, 2.45) is 11.8 Å². The average molecular weight is 505 g/mol. The number of methoxy groups -OCH3 is 1. The third kappa shape index (κ3) is 7.44. The Balaban J connectivity index is 1.48. The quantitative estimate of drug-likeness (QED) is 0.325. The van der Waals surface area contributed by atoms with E-state index in [1.807, 2.05) is 60.8 Å². The lowest BCUT2D eigenvalue weighted by Gasteiger charge is -2.26. The van der Waals surface area contributed by atoms with Gasteiger partial charge in [0.25, 0.3) is 0 Å². The van der Waals surface area contributed by atoms with E-state index in [4.69, 9.17) is 9.47 Å². The maximum Gasteiger partial charge on any atom is 0.408 e. The molecular weight excluding hydrogens is 468 g/mol. The predicted octanol–water partition coefficient (Wildman–Crippen LogP) is 5.72. The molecule has 2 N–H and O–H groups in total. The number of aromatic nitrogens is 1. The highest BCUT2D eigenvalue weighted by Gasteiger charge is 2.31. The molecule has 196 valence electrons.